The molecular formula is C19H33NO. The summed E-state index contributed by atoms with van der Waals surface area (Å²) >= 11 is 0. The molecule has 0 fully saturated rings. The molecule has 0 aliphatic rings. The van der Waals surface area contributed by atoms with Crippen LogP contribution in [-0.2, 0) is 11.2 Å². The second-order valence-electron chi connectivity index (χ2n) is 6.03. The van der Waals surface area contributed by atoms with Gasteiger partial charge < -0.3 is 10.1 Å². The fourth-order valence-corrected chi connectivity index (χ4v) is 2.54. The second kappa shape index (κ2) is 10.8. The largest absolute Gasteiger partial charge is 0.379 e. The van der Waals surface area contributed by atoms with E-state index in [1.54, 1.807) is 0 Å². The zero-order chi connectivity index (χ0) is 15.5. The number of aryl methyl sites for hydroxylation is 1. The van der Waals surface area contributed by atoms with Gasteiger partial charge in [0.05, 0.1) is 12.6 Å². The monoisotopic (exact) mass is 291 g/mol. The van der Waals surface area contributed by atoms with Crippen molar-refractivity contribution in [3.05, 3.63) is 35.4 Å². The van der Waals surface area contributed by atoms with Gasteiger partial charge in [0.25, 0.3) is 0 Å². The summed E-state index contributed by atoms with van der Waals surface area (Å²) in [7, 11) is 0. The highest BCUT2D eigenvalue weighted by molar-refractivity contribution is 5.25. The Morgan fingerprint density at radius 2 is 1.71 bits per heavy atom. The highest BCUT2D eigenvalue weighted by Gasteiger charge is 2.11. The van der Waals surface area contributed by atoms with Crippen LogP contribution in [0, 0.1) is 5.92 Å². The van der Waals surface area contributed by atoms with Gasteiger partial charge in [-0.2, -0.15) is 0 Å². The fourth-order valence-electron chi connectivity index (χ4n) is 2.54. The maximum absolute atomic E-state index is 5.96. The zero-order valence-electron chi connectivity index (χ0n) is 14.3. The van der Waals surface area contributed by atoms with Crippen molar-refractivity contribution in [3.8, 4) is 0 Å². The first-order valence-electron chi connectivity index (χ1n) is 8.61. The topological polar surface area (TPSA) is 21.3 Å². The van der Waals surface area contributed by atoms with Gasteiger partial charge in [-0.05, 0) is 42.9 Å². The molecule has 0 aliphatic carbocycles. The quantitative estimate of drug-likeness (QED) is 0.635. The van der Waals surface area contributed by atoms with Crippen LogP contribution in [0.15, 0.2) is 24.3 Å². The summed E-state index contributed by atoms with van der Waals surface area (Å²) in [5, 5.41) is 3.60. The third-order valence-corrected chi connectivity index (χ3v) is 3.90. The molecule has 1 aromatic rings. The van der Waals surface area contributed by atoms with Gasteiger partial charge in [0.2, 0.25) is 0 Å². The number of hydrogen-bond donors (Lipinski definition) is 1. The molecule has 0 heterocycles. The second-order valence-corrected chi connectivity index (χ2v) is 6.03. The van der Waals surface area contributed by atoms with E-state index in [0.29, 0.717) is 12.0 Å². The van der Waals surface area contributed by atoms with Crippen molar-refractivity contribution in [2.24, 2.45) is 5.92 Å². The zero-order valence-corrected chi connectivity index (χ0v) is 14.3. The molecule has 0 amide bonds. The summed E-state index contributed by atoms with van der Waals surface area (Å²) < 4.78 is 5.96. The summed E-state index contributed by atoms with van der Waals surface area (Å²) in [5.41, 5.74) is 2.73. The minimum absolute atomic E-state index is 0.310. The molecule has 1 rings (SSSR count). The Morgan fingerprint density at radius 3 is 2.29 bits per heavy atom. The van der Waals surface area contributed by atoms with E-state index in [1.807, 2.05) is 0 Å². The SMILES string of the molecule is CCCNC(COCC(C)CCC)c1ccc(CC)cc1. The standard InChI is InChI=1S/C19H33NO/c1-5-8-16(4)14-21-15-19(20-13-6-2)18-11-9-17(7-3)10-12-18/h9-12,16,19-20H,5-8,13-15H2,1-4H3. The van der Waals surface area contributed by atoms with E-state index in [0.717, 1.165) is 32.6 Å². The van der Waals surface area contributed by atoms with Gasteiger partial charge in [0.15, 0.2) is 0 Å². The lowest BCUT2D eigenvalue weighted by atomic mass is 10.0. The highest BCUT2D eigenvalue weighted by Crippen LogP contribution is 2.16. The van der Waals surface area contributed by atoms with Crippen LogP contribution in [0.5, 0.6) is 0 Å². The Bertz CT molecular complexity index is 360. The van der Waals surface area contributed by atoms with Crippen LogP contribution in [-0.4, -0.2) is 19.8 Å². The predicted molar refractivity (Wildman–Crippen MR) is 91.7 cm³/mol. The normalized spacial score (nSPS) is 14.1. The van der Waals surface area contributed by atoms with Crippen molar-refractivity contribution in [1.29, 1.82) is 0 Å². The van der Waals surface area contributed by atoms with E-state index in [1.165, 1.54) is 24.0 Å². The summed E-state index contributed by atoms with van der Waals surface area (Å²) in [5.74, 6) is 0.657. The Balaban J connectivity index is 2.53. The lowest BCUT2D eigenvalue weighted by Gasteiger charge is -2.20. The molecule has 0 spiro atoms. The molecule has 0 bridgehead atoms. The van der Waals surface area contributed by atoms with Crippen LogP contribution in [0.2, 0.25) is 0 Å². The van der Waals surface area contributed by atoms with Crippen LogP contribution in [0.3, 0.4) is 0 Å². The molecule has 21 heavy (non-hydrogen) atoms. The van der Waals surface area contributed by atoms with Crippen molar-refractivity contribution >= 4 is 0 Å². The van der Waals surface area contributed by atoms with Gasteiger partial charge >= 0.3 is 0 Å². The lowest BCUT2D eigenvalue weighted by molar-refractivity contribution is 0.0832. The lowest BCUT2D eigenvalue weighted by Crippen LogP contribution is -2.27. The van der Waals surface area contributed by atoms with Gasteiger partial charge in [-0.3, -0.25) is 0 Å². The fraction of sp³-hybridized carbons (Fsp3) is 0.684. The molecule has 0 saturated carbocycles. The molecule has 1 N–H and O–H groups in total. The van der Waals surface area contributed by atoms with Crippen LogP contribution in [0.4, 0.5) is 0 Å². The van der Waals surface area contributed by atoms with Crippen LogP contribution >= 0.6 is 0 Å². The number of rotatable bonds is 11. The summed E-state index contributed by atoms with van der Waals surface area (Å²) in [6.07, 6.45) is 4.73. The number of benzene rings is 1. The van der Waals surface area contributed by atoms with E-state index in [-0.39, 0.29) is 0 Å². The molecule has 2 nitrogen and oxygen atoms in total. The first-order chi connectivity index (χ1) is 10.2. The number of ether oxygens (including phenoxy) is 1. The molecule has 0 saturated heterocycles. The van der Waals surface area contributed by atoms with E-state index in [2.05, 4.69) is 57.3 Å². The van der Waals surface area contributed by atoms with Gasteiger partial charge in [-0.25, -0.2) is 0 Å². The van der Waals surface area contributed by atoms with Crippen molar-refractivity contribution in [1.82, 2.24) is 5.32 Å². The Kier molecular flexibility index (Phi) is 9.36. The Morgan fingerprint density at radius 1 is 1.00 bits per heavy atom. The highest BCUT2D eigenvalue weighted by atomic mass is 16.5. The molecule has 0 radical (unpaired) electrons. The van der Waals surface area contributed by atoms with Gasteiger partial charge in [-0.1, -0.05) is 58.4 Å². The minimum atomic E-state index is 0.310. The molecule has 0 aliphatic heterocycles. The van der Waals surface area contributed by atoms with Crippen molar-refractivity contribution < 1.29 is 4.74 Å². The maximum atomic E-state index is 5.96. The van der Waals surface area contributed by atoms with E-state index >= 15 is 0 Å². The molecule has 2 atom stereocenters. The smallest absolute Gasteiger partial charge is 0.0661 e. The molecule has 2 unspecified atom stereocenters. The first kappa shape index (κ1) is 18.2. The summed E-state index contributed by atoms with van der Waals surface area (Å²) in [6, 6.07) is 9.26. The third-order valence-electron chi connectivity index (χ3n) is 3.90. The minimum Gasteiger partial charge on any atom is -0.379 e. The van der Waals surface area contributed by atoms with Crippen LogP contribution < -0.4 is 5.32 Å². The Labute approximate surface area is 131 Å². The predicted octanol–water partition coefficient (Wildman–Crippen LogP) is 4.74. The Hall–Kier alpha value is -0.860. The van der Waals surface area contributed by atoms with Gasteiger partial charge in [0, 0.05) is 6.61 Å². The average molecular weight is 291 g/mol. The van der Waals surface area contributed by atoms with Gasteiger partial charge in [-0.15, -0.1) is 0 Å². The van der Waals surface area contributed by atoms with Crippen molar-refractivity contribution in [2.45, 2.75) is 59.4 Å². The van der Waals surface area contributed by atoms with Crippen LogP contribution in [0.1, 0.15) is 64.1 Å². The summed E-state index contributed by atoms with van der Waals surface area (Å²) in [6.45, 7) is 11.6. The molecular weight excluding hydrogens is 258 g/mol. The third kappa shape index (κ3) is 7.10. The van der Waals surface area contributed by atoms with Crippen LogP contribution in [0.25, 0.3) is 0 Å². The van der Waals surface area contributed by atoms with E-state index in [4.69, 9.17) is 4.74 Å². The molecule has 1 aromatic carbocycles. The maximum Gasteiger partial charge on any atom is 0.0661 e. The van der Waals surface area contributed by atoms with Crippen molar-refractivity contribution in [2.75, 3.05) is 19.8 Å². The molecule has 120 valence electrons. The van der Waals surface area contributed by atoms with Crippen molar-refractivity contribution in [3.63, 3.8) is 0 Å². The molecule has 2 heteroatoms. The summed E-state index contributed by atoms with van der Waals surface area (Å²) in [4.78, 5) is 0. The number of nitrogens with one attached hydrogen (secondary N) is 1. The number of hydrogen-bond acceptors (Lipinski definition) is 2. The van der Waals surface area contributed by atoms with E-state index < -0.39 is 0 Å². The van der Waals surface area contributed by atoms with Gasteiger partial charge in [0.1, 0.15) is 0 Å². The van der Waals surface area contributed by atoms with E-state index in [9.17, 15) is 0 Å². The first-order valence-corrected chi connectivity index (χ1v) is 8.61. The molecule has 0 aromatic heterocycles. The average Bonchev–Trinajstić information content (AvgIpc) is 2.51.